The molecule has 106 heavy (non-hydrogen) atoms. The SMILES string of the molecule is Cc1ccc(N(CC2CCCCC2)c2ccc(C3=C([O-])C(=C4C=CC(=[N+](CC5CCCCC5)c5ccc(C)cc5C)C=C4)C3=O)cc2)c(C)c1.Cc1ccc(N(CCC(C)CCCC(C)C)c2ccc(C3=C([O-])C(=C4C=CC(=[N+](CCC(C)CCCC(C)C)c5ccc(C)cc5C)C=C4)C3=O)cc2)c(C)c1. The molecule has 2 fully saturated rings. The Kier molecular flexibility index (Phi) is 26.7. The minimum Gasteiger partial charge on any atom is -0.871 e. The van der Waals surface area contributed by atoms with E-state index in [1.807, 2.05) is 48.6 Å². The summed E-state index contributed by atoms with van der Waals surface area (Å²) in [6.45, 7) is 35.0. The third-order valence-corrected chi connectivity index (χ3v) is 23.2. The Balaban J connectivity index is 0.000000213. The maximum Gasteiger partial charge on any atom is 0.208 e. The topological polar surface area (TPSA) is 92.8 Å². The Bertz CT molecular complexity index is 4460. The molecule has 0 N–H and O–H groups in total. The van der Waals surface area contributed by atoms with Crippen molar-refractivity contribution in [2.75, 3.05) is 36.0 Å². The van der Waals surface area contributed by atoms with Gasteiger partial charge in [0.25, 0.3) is 0 Å². The molecule has 0 heterocycles. The number of nitrogens with zero attached hydrogens (tertiary/aromatic N) is 4. The first-order chi connectivity index (χ1) is 51.0. The first kappa shape index (κ1) is 78.2. The van der Waals surface area contributed by atoms with E-state index in [4.69, 9.17) is 0 Å². The minimum absolute atomic E-state index is 0.155. The maximum absolute atomic E-state index is 13.7. The monoisotopic (exact) mass is 1420 g/mol. The smallest absolute Gasteiger partial charge is 0.208 e. The van der Waals surface area contributed by atoms with Crippen LogP contribution >= 0.6 is 0 Å². The Hall–Kier alpha value is -8.88. The number of benzene rings is 6. The van der Waals surface area contributed by atoms with E-state index in [0.29, 0.717) is 57.1 Å². The molecule has 0 amide bonds. The fraction of sp³-hybridized carbons (Fsp3) is 0.429. The van der Waals surface area contributed by atoms with Gasteiger partial charge in [0.05, 0.1) is 0 Å². The summed E-state index contributed by atoms with van der Waals surface area (Å²) in [6.07, 6.45) is 38.9. The van der Waals surface area contributed by atoms with E-state index in [2.05, 4.69) is 237 Å². The zero-order valence-corrected chi connectivity index (χ0v) is 66.6. The van der Waals surface area contributed by atoms with Crippen LogP contribution in [0, 0.1) is 90.9 Å². The molecule has 8 nitrogen and oxygen atoms in total. The number of aryl methyl sites for hydroxylation is 8. The maximum atomic E-state index is 13.7. The van der Waals surface area contributed by atoms with E-state index >= 15 is 0 Å². The molecule has 2 unspecified atom stereocenters. The molecule has 6 aliphatic carbocycles. The summed E-state index contributed by atoms with van der Waals surface area (Å²) in [4.78, 5) is 32.2. The predicted molar refractivity (Wildman–Crippen MR) is 443 cm³/mol. The highest BCUT2D eigenvalue weighted by Crippen LogP contribution is 2.43. The van der Waals surface area contributed by atoms with Gasteiger partial charge >= 0.3 is 0 Å². The van der Waals surface area contributed by atoms with Gasteiger partial charge in [0, 0.05) is 118 Å². The highest BCUT2D eigenvalue weighted by Gasteiger charge is 2.34. The second-order valence-electron chi connectivity index (χ2n) is 33.1. The van der Waals surface area contributed by atoms with Gasteiger partial charge in [0.15, 0.2) is 18.1 Å². The van der Waals surface area contributed by atoms with Crippen LogP contribution in [0.25, 0.3) is 11.1 Å². The average Bonchev–Trinajstić information content (AvgIpc) is 0.750. The van der Waals surface area contributed by atoms with E-state index in [1.165, 1.54) is 170 Å². The summed E-state index contributed by atoms with van der Waals surface area (Å²) in [5.41, 5.74) is 23.2. The lowest BCUT2D eigenvalue weighted by atomic mass is 9.80. The van der Waals surface area contributed by atoms with Crippen molar-refractivity contribution < 1.29 is 29.0 Å². The van der Waals surface area contributed by atoms with Crippen molar-refractivity contribution in [1.29, 1.82) is 0 Å². The molecule has 6 aromatic rings. The van der Waals surface area contributed by atoms with Crippen molar-refractivity contribution in [2.45, 2.75) is 213 Å². The number of anilines is 4. The molecule has 0 spiro atoms. The molecule has 8 heteroatoms. The van der Waals surface area contributed by atoms with Gasteiger partial charge in [-0.25, -0.2) is 0 Å². The molecule has 2 atom stereocenters. The van der Waals surface area contributed by atoms with E-state index in [-0.39, 0.29) is 34.2 Å². The second kappa shape index (κ2) is 36.1. The van der Waals surface area contributed by atoms with Gasteiger partial charge in [-0.2, -0.15) is 9.15 Å². The lowest BCUT2D eigenvalue weighted by Gasteiger charge is -2.34. The summed E-state index contributed by atoms with van der Waals surface area (Å²) < 4.78 is 4.85. The van der Waals surface area contributed by atoms with Gasteiger partial charge in [-0.1, -0.05) is 213 Å². The van der Waals surface area contributed by atoms with Gasteiger partial charge in [0.1, 0.15) is 6.54 Å². The van der Waals surface area contributed by atoms with Gasteiger partial charge in [-0.15, -0.1) is 0 Å². The molecular formula is C98H120N4O4. The van der Waals surface area contributed by atoms with Gasteiger partial charge in [-0.05, 0) is 223 Å². The standard InChI is InChI=1S/C52H68N2O2.C46H52N2O2/c1-35(2)13-11-15-37(5)29-31-53(47-27-17-39(7)33-41(47)9)45-23-19-43(20-24-45)49-51(55)50(52(49)56)44-21-25-46(26-22-44)54(48-28-18-40(8)34-42(48)10)32-30-38(6)16-12-14-36(3)4;1-31-15-25-41(33(3)27-31)47(29-35-11-7-5-8-12-35)39-21-17-37(18-22-39)43-45(49)44(46(43)50)38-19-23-40(24-20-38)48(30-36-13-9-6-10-14-36)42-26-16-32(2)28-34(42)4/h17-28,33-38H,11-16,29-32H2,1-10H3;15-28,35-36H,5-14,29-30H2,1-4H3. The molecule has 0 bridgehead atoms. The van der Waals surface area contributed by atoms with E-state index < -0.39 is 0 Å². The minimum atomic E-state index is -0.168. The van der Waals surface area contributed by atoms with Crippen molar-refractivity contribution >= 4 is 68.3 Å². The Morgan fingerprint density at radius 3 is 1.21 bits per heavy atom. The lowest BCUT2D eigenvalue weighted by Crippen LogP contribution is -2.30. The molecule has 6 aliphatic rings. The van der Waals surface area contributed by atoms with Crippen LogP contribution in [0.5, 0.6) is 0 Å². The van der Waals surface area contributed by atoms with Crippen LogP contribution in [-0.2, 0) is 9.59 Å². The van der Waals surface area contributed by atoms with Gasteiger partial charge < -0.3 is 20.0 Å². The lowest BCUT2D eigenvalue weighted by molar-refractivity contribution is -0.449. The number of hydrogen-bond donors (Lipinski definition) is 0. The molecule has 6 aromatic carbocycles. The number of hydrogen-bond acceptors (Lipinski definition) is 6. The van der Waals surface area contributed by atoms with Crippen LogP contribution < -0.4 is 20.0 Å². The van der Waals surface area contributed by atoms with Gasteiger partial charge in [0.2, 0.25) is 22.8 Å². The number of carbonyl (C=O) groups excluding carboxylic acids is 2. The second-order valence-corrected chi connectivity index (χ2v) is 33.1. The molecule has 0 aromatic heterocycles. The van der Waals surface area contributed by atoms with Crippen LogP contribution in [0.3, 0.4) is 0 Å². The van der Waals surface area contributed by atoms with Crippen molar-refractivity contribution in [3.8, 4) is 0 Å². The van der Waals surface area contributed by atoms with Crippen LogP contribution in [0.4, 0.5) is 34.1 Å². The number of rotatable bonds is 26. The summed E-state index contributed by atoms with van der Waals surface area (Å²) in [5.74, 6) is 3.43. The fourth-order valence-electron chi connectivity index (χ4n) is 17.0. The highest BCUT2D eigenvalue weighted by atomic mass is 16.3. The molecule has 12 rings (SSSR count). The van der Waals surface area contributed by atoms with E-state index in [0.717, 1.165) is 73.7 Å². The molecular weight excluding hydrogens is 1300 g/mol. The predicted octanol–water partition coefficient (Wildman–Crippen LogP) is 22.7. The Morgan fingerprint density at radius 1 is 0.396 bits per heavy atom. The zero-order chi connectivity index (χ0) is 75.3. The van der Waals surface area contributed by atoms with Crippen LogP contribution in [0.1, 0.15) is 213 Å². The largest absolute Gasteiger partial charge is 0.871 e. The van der Waals surface area contributed by atoms with Crippen molar-refractivity contribution in [3.63, 3.8) is 0 Å². The third-order valence-electron chi connectivity index (χ3n) is 23.2. The average molecular weight is 1420 g/mol. The Morgan fingerprint density at radius 2 is 0.783 bits per heavy atom. The first-order valence-corrected chi connectivity index (χ1v) is 40.5. The van der Waals surface area contributed by atoms with Crippen LogP contribution in [0.2, 0.25) is 0 Å². The van der Waals surface area contributed by atoms with Crippen LogP contribution in [0.15, 0.2) is 204 Å². The molecule has 2 saturated carbocycles. The number of carbonyl (C=O) groups is 2. The van der Waals surface area contributed by atoms with Crippen molar-refractivity contribution in [2.24, 2.45) is 35.5 Å². The summed E-state index contributed by atoms with van der Waals surface area (Å²) in [7, 11) is 0. The number of Topliss-reactive ketones (excluding diaryl/α,β-unsaturated/α-hetero) is 2. The van der Waals surface area contributed by atoms with E-state index in [1.54, 1.807) is 0 Å². The van der Waals surface area contributed by atoms with Crippen molar-refractivity contribution in [3.05, 3.63) is 259 Å². The van der Waals surface area contributed by atoms with E-state index in [9.17, 15) is 19.8 Å². The number of allylic oxidation sites excluding steroid dienone is 14. The Labute approximate surface area is 636 Å². The molecule has 0 aliphatic heterocycles. The zero-order valence-electron chi connectivity index (χ0n) is 66.6. The van der Waals surface area contributed by atoms with Gasteiger partial charge in [-0.3, -0.25) is 9.59 Å². The normalized spacial score (nSPS) is 16.8. The fourth-order valence-corrected chi connectivity index (χ4v) is 17.0. The first-order valence-electron chi connectivity index (χ1n) is 40.5. The molecule has 0 saturated heterocycles. The van der Waals surface area contributed by atoms with Crippen LogP contribution in [-0.4, -0.2) is 58.3 Å². The molecule has 556 valence electrons. The highest BCUT2D eigenvalue weighted by molar-refractivity contribution is 6.40. The summed E-state index contributed by atoms with van der Waals surface area (Å²) in [5, 5.41) is 27.3. The quantitative estimate of drug-likeness (QED) is 0.0397. The summed E-state index contributed by atoms with van der Waals surface area (Å²) >= 11 is 0. The third kappa shape index (κ3) is 19.3. The summed E-state index contributed by atoms with van der Waals surface area (Å²) in [6, 6.07) is 42.8. The number of ketones is 2. The molecule has 0 radical (unpaired) electrons. The van der Waals surface area contributed by atoms with Crippen molar-refractivity contribution in [1.82, 2.24) is 0 Å².